The molecule has 64 valence electrons. The summed E-state index contributed by atoms with van der Waals surface area (Å²) in [6.07, 6.45) is 0. The van der Waals surface area contributed by atoms with Crippen molar-refractivity contribution in [3.8, 4) is 0 Å². The summed E-state index contributed by atoms with van der Waals surface area (Å²) in [5.74, 6) is 0. The van der Waals surface area contributed by atoms with Crippen molar-refractivity contribution < 1.29 is 36.5 Å². The fourth-order valence-corrected chi connectivity index (χ4v) is 0.775. The molecule has 1 atom stereocenters. The van der Waals surface area contributed by atoms with Crippen molar-refractivity contribution in [3.05, 3.63) is 0 Å². The van der Waals surface area contributed by atoms with Crippen LogP contribution in [0.4, 0.5) is 4.70 Å². The Hall–Kier alpha value is 0.397. The molecule has 0 bridgehead atoms. The minimum Gasteiger partial charge on any atom is -0.747 e. The van der Waals surface area contributed by atoms with E-state index in [1.54, 1.807) is 14.1 Å². The van der Waals surface area contributed by atoms with Crippen molar-refractivity contribution in [3.63, 3.8) is 0 Å². The van der Waals surface area contributed by atoms with Crippen molar-refractivity contribution in [2.45, 2.75) is 12.3 Å². The van der Waals surface area contributed by atoms with Crippen LogP contribution in [-0.4, -0.2) is 37.3 Å². The molecule has 0 fully saturated rings. The fourth-order valence-electron chi connectivity index (χ4n) is 0.258. The van der Waals surface area contributed by atoms with E-state index in [1.807, 2.05) is 0 Å². The molecule has 0 aliphatic carbocycles. The van der Waals surface area contributed by atoms with Crippen LogP contribution < -0.4 is 18.9 Å². The van der Waals surface area contributed by atoms with Gasteiger partial charge in [-0.1, -0.05) is 0 Å². The molecule has 0 heterocycles. The molecule has 7 heteroatoms. The van der Waals surface area contributed by atoms with Gasteiger partial charge in [-0.2, -0.15) is 0 Å². The third kappa shape index (κ3) is 6.78. The summed E-state index contributed by atoms with van der Waals surface area (Å²) in [6, 6.07) is 0. The molecule has 1 unspecified atom stereocenters. The van der Waals surface area contributed by atoms with Crippen LogP contribution in [0.1, 0.15) is 6.92 Å². The van der Waals surface area contributed by atoms with E-state index in [0.29, 0.717) is 0 Å². The molecule has 0 rings (SSSR count). The Kier molecular flexibility index (Phi) is 9.49. The van der Waals surface area contributed by atoms with Crippen molar-refractivity contribution in [1.82, 2.24) is 4.90 Å². The van der Waals surface area contributed by atoms with Gasteiger partial charge in [-0.05, 0) is 21.0 Å². The summed E-state index contributed by atoms with van der Waals surface area (Å²) < 4.78 is 30.5. The standard InChI is InChI=1S/C4H11NO3S.FH.Li/c1-4(5(2)3)9(6,7)8;;/h4H,1-3H3,(H,6,7,8);1H;/q;;+1/p-1. The molecular weight excluding hydrogens is 168 g/mol. The normalized spacial score (nSPS) is 13.2. The fraction of sp³-hybridized carbons (Fsp3) is 1.00. The van der Waals surface area contributed by atoms with E-state index in [0.717, 1.165) is 0 Å². The van der Waals surface area contributed by atoms with Crippen LogP contribution in [0.5, 0.6) is 0 Å². The monoisotopic (exact) mass is 179 g/mol. The third-order valence-corrected chi connectivity index (χ3v) is 2.40. The molecular formula is C4H11FLiNO3S. The first-order chi connectivity index (χ1) is 3.85. The molecule has 0 aromatic carbocycles. The SMILES string of the molecule is CC(N(C)C)S(=O)(=O)[O-].F.[Li+]. The minimum absolute atomic E-state index is 0. The van der Waals surface area contributed by atoms with E-state index in [9.17, 15) is 13.0 Å². The van der Waals surface area contributed by atoms with Crippen molar-refractivity contribution >= 4 is 10.1 Å². The summed E-state index contributed by atoms with van der Waals surface area (Å²) >= 11 is 0. The summed E-state index contributed by atoms with van der Waals surface area (Å²) in [4.78, 5) is 1.35. The first-order valence-electron chi connectivity index (χ1n) is 2.47. The smallest absolute Gasteiger partial charge is 0.747 e. The maximum Gasteiger partial charge on any atom is 1.00 e. The van der Waals surface area contributed by atoms with Gasteiger partial charge in [-0.25, -0.2) is 8.42 Å². The van der Waals surface area contributed by atoms with Gasteiger partial charge >= 0.3 is 18.9 Å². The average Bonchev–Trinajstić information content (AvgIpc) is 1.62. The zero-order valence-electron chi connectivity index (χ0n) is 7.07. The molecule has 0 aromatic rings. The molecule has 0 saturated heterocycles. The maximum absolute atomic E-state index is 10.2. The molecule has 0 aliphatic heterocycles. The topological polar surface area (TPSA) is 60.4 Å². The predicted molar refractivity (Wildman–Crippen MR) is 35.3 cm³/mol. The first kappa shape index (κ1) is 17.5. The van der Waals surface area contributed by atoms with E-state index >= 15 is 0 Å². The van der Waals surface area contributed by atoms with E-state index in [2.05, 4.69) is 0 Å². The van der Waals surface area contributed by atoms with Gasteiger partial charge in [-0.15, -0.1) is 0 Å². The van der Waals surface area contributed by atoms with Crippen LogP contribution in [0, 0.1) is 0 Å². The Labute approximate surface area is 78.2 Å². The largest absolute Gasteiger partial charge is 1.00 e. The van der Waals surface area contributed by atoms with Gasteiger partial charge in [0.25, 0.3) is 0 Å². The second-order valence-corrected chi connectivity index (χ2v) is 3.72. The van der Waals surface area contributed by atoms with Gasteiger partial charge in [0.2, 0.25) is 0 Å². The van der Waals surface area contributed by atoms with Crippen LogP contribution >= 0.6 is 0 Å². The number of halogens is 1. The Bertz CT molecular complexity index is 182. The number of nitrogens with zero attached hydrogens (tertiary/aromatic N) is 1. The van der Waals surface area contributed by atoms with Crippen molar-refractivity contribution in [1.29, 1.82) is 0 Å². The van der Waals surface area contributed by atoms with Gasteiger partial charge in [0.1, 0.15) is 10.1 Å². The number of rotatable bonds is 2. The second kappa shape index (κ2) is 5.97. The molecule has 0 radical (unpaired) electrons. The van der Waals surface area contributed by atoms with Crippen molar-refractivity contribution in [2.24, 2.45) is 0 Å². The van der Waals surface area contributed by atoms with Gasteiger partial charge < -0.3 is 4.55 Å². The molecule has 0 spiro atoms. The molecule has 0 saturated carbocycles. The molecule has 11 heavy (non-hydrogen) atoms. The summed E-state index contributed by atoms with van der Waals surface area (Å²) in [7, 11) is -1.04. The maximum atomic E-state index is 10.2. The first-order valence-corrected chi connectivity index (χ1v) is 3.94. The van der Waals surface area contributed by atoms with Crippen LogP contribution in [0.15, 0.2) is 0 Å². The molecule has 4 nitrogen and oxygen atoms in total. The average molecular weight is 179 g/mol. The third-order valence-electron chi connectivity index (χ3n) is 1.14. The zero-order chi connectivity index (χ0) is 7.65. The molecule has 0 aliphatic rings. The zero-order valence-corrected chi connectivity index (χ0v) is 7.88. The van der Waals surface area contributed by atoms with Crippen LogP contribution in [0.25, 0.3) is 0 Å². The quantitative estimate of drug-likeness (QED) is 0.327. The van der Waals surface area contributed by atoms with E-state index in [-0.39, 0.29) is 23.6 Å². The summed E-state index contributed by atoms with van der Waals surface area (Å²) in [5, 5.41) is -0.933. The number of hydrogen-bond acceptors (Lipinski definition) is 4. The van der Waals surface area contributed by atoms with Gasteiger partial charge in [0.15, 0.2) is 0 Å². The van der Waals surface area contributed by atoms with Gasteiger partial charge in [0, 0.05) is 0 Å². The summed E-state index contributed by atoms with van der Waals surface area (Å²) in [5.41, 5.74) is 0. The Balaban J connectivity index is -0.000000320. The van der Waals surface area contributed by atoms with Crippen LogP contribution in [0.2, 0.25) is 0 Å². The van der Waals surface area contributed by atoms with Gasteiger partial charge in [-0.3, -0.25) is 9.60 Å². The molecule has 0 aromatic heterocycles. The summed E-state index contributed by atoms with van der Waals surface area (Å²) in [6.45, 7) is 1.35. The van der Waals surface area contributed by atoms with Crippen molar-refractivity contribution in [2.75, 3.05) is 14.1 Å². The molecule has 0 amide bonds. The molecule has 0 N–H and O–H groups in total. The Morgan fingerprint density at radius 3 is 1.64 bits per heavy atom. The van der Waals surface area contributed by atoms with Crippen LogP contribution in [0.3, 0.4) is 0 Å². The van der Waals surface area contributed by atoms with E-state index in [4.69, 9.17) is 0 Å². The predicted octanol–water partition coefficient (Wildman–Crippen LogP) is -3.40. The second-order valence-electron chi connectivity index (χ2n) is 2.06. The van der Waals surface area contributed by atoms with Gasteiger partial charge in [0.05, 0.1) is 5.37 Å². The minimum atomic E-state index is -4.13. The van der Waals surface area contributed by atoms with Crippen LogP contribution in [-0.2, 0) is 10.1 Å². The number of hydrogen-bond donors (Lipinski definition) is 0. The van der Waals surface area contributed by atoms with E-state index in [1.165, 1.54) is 11.8 Å². The Morgan fingerprint density at radius 1 is 1.36 bits per heavy atom. The van der Waals surface area contributed by atoms with E-state index < -0.39 is 15.5 Å². The Morgan fingerprint density at radius 2 is 1.64 bits per heavy atom.